The van der Waals surface area contributed by atoms with Crippen LogP contribution in [0.4, 0.5) is 11.6 Å². The monoisotopic (exact) mass is 314 g/mol. The summed E-state index contributed by atoms with van der Waals surface area (Å²) in [5, 5.41) is 11.9. The number of rotatable bonds is 4. The second kappa shape index (κ2) is 5.89. The van der Waals surface area contributed by atoms with Crippen LogP contribution in [0.3, 0.4) is 0 Å². The Labute approximate surface area is 123 Å². The van der Waals surface area contributed by atoms with Crippen LogP contribution in [0.1, 0.15) is 10.4 Å². The summed E-state index contributed by atoms with van der Waals surface area (Å²) in [6.45, 7) is 0. The maximum Gasteiger partial charge on any atom is 0.337 e. The van der Waals surface area contributed by atoms with Crippen molar-refractivity contribution in [3.05, 3.63) is 34.1 Å². The molecule has 0 radical (unpaired) electrons. The molecule has 1 aromatic carbocycles. The molecule has 104 valence electrons. The van der Waals surface area contributed by atoms with Crippen molar-refractivity contribution in [1.82, 2.24) is 15.0 Å². The molecule has 7 nitrogen and oxygen atoms in total. The molecule has 0 saturated carbocycles. The van der Waals surface area contributed by atoms with Crippen LogP contribution >= 0.6 is 23.2 Å². The number of benzene rings is 1. The normalized spacial score (nSPS) is 10.2. The zero-order chi connectivity index (χ0) is 14.7. The minimum Gasteiger partial charge on any atom is -0.478 e. The van der Waals surface area contributed by atoms with Crippen LogP contribution in [0.15, 0.2) is 18.2 Å². The molecular weight excluding hydrogens is 307 g/mol. The first kappa shape index (κ1) is 14.3. The van der Waals surface area contributed by atoms with E-state index in [-0.39, 0.29) is 27.8 Å². The fourth-order valence-electron chi connectivity index (χ4n) is 1.38. The number of nitrogens with zero attached hydrogens (tertiary/aromatic N) is 3. The number of aromatic carboxylic acids is 1. The van der Waals surface area contributed by atoms with Gasteiger partial charge >= 0.3 is 12.0 Å². The Morgan fingerprint density at radius 2 is 2.05 bits per heavy atom. The van der Waals surface area contributed by atoms with Gasteiger partial charge < -0.3 is 15.2 Å². The maximum absolute atomic E-state index is 11.0. The topological polar surface area (TPSA) is 97.2 Å². The van der Waals surface area contributed by atoms with Gasteiger partial charge in [-0.2, -0.15) is 15.0 Å². The SMILES string of the molecule is COc1nc(Cl)nc(Nc2ccc(Cl)c(C(=O)O)c2)n1. The molecule has 0 fully saturated rings. The van der Waals surface area contributed by atoms with E-state index < -0.39 is 5.97 Å². The molecule has 0 aliphatic carbocycles. The van der Waals surface area contributed by atoms with Gasteiger partial charge in [0.1, 0.15) is 0 Å². The minimum atomic E-state index is -1.13. The predicted molar refractivity (Wildman–Crippen MR) is 73.1 cm³/mol. The first-order valence-corrected chi connectivity index (χ1v) is 6.00. The number of aromatic nitrogens is 3. The van der Waals surface area contributed by atoms with Gasteiger partial charge in [0.2, 0.25) is 11.2 Å². The fourth-order valence-corrected chi connectivity index (χ4v) is 1.73. The van der Waals surface area contributed by atoms with E-state index in [2.05, 4.69) is 20.3 Å². The number of hydrogen-bond donors (Lipinski definition) is 2. The lowest BCUT2D eigenvalue weighted by Gasteiger charge is -2.07. The number of carboxylic acids is 1. The van der Waals surface area contributed by atoms with Crippen molar-refractivity contribution >= 4 is 40.8 Å². The van der Waals surface area contributed by atoms with Crippen molar-refractivity contribution in [3.8, 4) is 6.01 Å². The Hall–Kier alpha value is -2.12. The summed E-state index contributed by atoms with van der Waals surface area (Å²) in [6, 6.07) is 4.43. The first-order valence-electron chi connectivity index (χ1n) is 5.25. The lowest BCUT2D eigenvalue weighted by Crippen LogP contribution is -2.03. The van der Waals surface area contributed by atoms with Gasteiger partial charge in [0, 0.05) is 5.69 Å². The Balaban J connectivity index is 2.32. The van der Waals surface area contributed by atoms with E-state index in [1.807, 2.05) is 0 Å². The zero-order valence-electron chi connectivity index (χ0n) is 10.1. The molecular formula is C11H8Cl2N4O3. The number of nitrogens with one attached hydrogen (secondary N) is 1. The maximum atomic E-state index is 11.0. The summed E-state index contributed by atoms with van der Waals surface area (Å²) in [7, 11) is 1.39. The van der Waals surface area contributed by atoms with Gasteiger partial charge in [-0.15, -0.1) is 0 Å². The standard InChI is InChI=1S/C11H8Cl2N4O3/c1-20-11-16-9(13)15-10(17-11)14-5-2-3-7(12)6(4-5)8(18)19/h2-4H,1H3,(H,18,19)(H,14,15,16,17). The van der Waals surface area contributed by atoms with E-state index in [0.717, 1.165) is 0 Å². The lowest BCUT2D eigenvalue weighted by atomic mass is 10.2. The molecule has 0 bridgehead atoms. The molecule has 20 heavy (non-hydrogen) atoms. The Bertz CT molecular complexity index is 666. The largest absolute Gasteiger partial charge is 0.478 e. The molecule has 0 aliphatic rings. The molecule has 0 amide bonds. The van der Waals surface area contributed by atoms with Crippen molar-refractivity contribution in [2.24, 2.45) is 0 Å². The molecule has 2 aromatic rings. The molecule has 0 unspecified atom stereocenters. The number of hydrogen-bond acceptors (Lipinski definition) is 6. The van der Waals surface area contributed by atoms with Gasteiger partial charge in [-0.3, -0.25) is 0 Å². The van der Waals surface area contributed by atoms with Crippen LogP contribution < -0.4 is 10.1 Å². The summed E-state index contributed by atoms with van der Waals surface area (Å²) in [6.07, 6.45) is 0. The first-order chi connectivity index (χ1) is 9.49. The molecule has 9 heteroatoms. The van der Waals surface area contributed by atoms with Crippen LogP contribution in [-0.2, 0) is 0 Å². The van der Waals surface area contributed by atoms with Crippen molar-refractivity contribution in [2.75, 3.05) is 12.4 Å². The highest BCUT2D eigenvalue weighted by Crippen LogP contribution is 2.23. The van der Waals surface area contributed by atoms with Crippen LogP contribution in [-0.4, -0.2) is 33.1 Å². The number of carbonyl (C=O) groups is 1. The van der Waals surface area contributed by atoms with E-state index in [0.29, 0.717) is 5.69 Å². The van der Waals surface area contributed by atoms with E-state index in [1.165, 1.54) is 19.2 Å². The van der Waals surface area contributed by atoms with E-state index in [1.54, 1.807) is 6.07 Å². The highest BCUT2D eigenvalue weighted by Gasteiger charge is 2.11. The number of carboxylic acid groups (broad SMARTS) is 1. The zero-order valence-corrected chi connectivity index (χ0v) is 11.6. The van der Waals surface area contributed by atoms with Crippen molar-refractivity contribution in [3.63, 3.8) is 0 Å². The number of methoxy groups -OCH3 is 1. The third-order valence-electron chi connectivity index (χ3n) is 2.22. The van der Waals surface area contributed by atoms with Gasteiger partial charge in [-0.25, -0.2) is 4.79 Å². The molecule has 0 aliphatic heterocycles. The second-order valence-electron chi connectivity index (χ2n) is 3.54. The van der Waals surface area contributed by atoms with Gasteiger partial charge in [0.15, 0.2) is 0 Å². The van der Waals surface area contributed by atoms with E-state index in [9.17, 15) is 4.79 Å². The smallest absolute Gasteiger partial charge is 0.337 e. The summed E-state index contributed by atoms with van der Waals surface area (Å²) in [4.78, 5) is 22.5. The highest BCUT2D eigenvalue weighted by atomic mass is 35.5. The summed E-state index contributed by atoms with van der Waals surface area (Å²) >= 11 is 11.5. The van der Waals surface area contributed by atoms with Gasteiger partial charge in [-0.1, -0.05) is 11.6 Å². The van der Waals surface area contributed by atoms with Crippen LogP contribution in [0.2, 0.25) is 10.3 Å². The molecule has 2 rings (SSSR count). The Morgan fingerprint density at radius 3 is 2.70 bits per heavy atom. The van der Waals surface area contributed by atoms with E-state index >= 15 is 0 Å². The Kier molecular flexibility index (Phi) is 4.21. The average molecular weight is 315 g/mol. The number of anilines is 2. The number of ether oxygens (including phenoxy) is 1. The quantitative estimate of drug-likeness (QED) is 0.895. The minimum absolute atomic E-state index is 0.0382. The third-order valence-corrected chi connectivity index (χ3v) is 2.72. The summed E-state index contributed by atoms with van der Waals surface area (Å²) in [5.41, 5.74) is 0.403. The summed E-state index contributed by atoms with van der Waals surface area (Å²) in [5.74, 6) is -1.01. The molecule has 0 atom stereocenters. The molecule has 2 N–H and O–H groups in total. The van der Waals surface area contributed by atoms with Gasteiger partial charge in [-0.05, 0) is 29.8 Å². The van der Waals surface area contributed by atoms with E-state index in [4.69, 9.17) is 33.0 Å². The molecule has 0 saturated heterocycles. The van der Waals surface area contributed by atoms with Gasteiger partial charge in [0.05, 0.1) is 17.7 Å². The second-order valence-corrected chi connectivity index (χ2v) is 4.28. The Morgan fingerprint density at radius 1 is 1.30 bits per heavy atom. The highest BCUT2D eigenvalue weighted by molar-refractivity contribution is 6.33. The molecule has 0 spiro atoms. The van der Waals surface area contributed by atoms with Crippen LogP contribution in [0.5, 0.6) is 6.01 Å². The summed E-state index contributed by atoms with van der Waals surface area (Å²) < 4.78 is 4.85. The van der Waals surface area contributed by atoms with Crippen LogP contribution in [0, 0.1) is 0 Å². The van der Waals surface area contributed by atoms with Crippen molar-refractivity contribution in [2.45, 2.75) is 0 Å². The van der Waals surface area contributed by atoms with Crippen LogP contribution in [0.25, 0.3) is 0 Å². The predicted octanol–water partition coefficient (Wildman–Crippen LogP) is 2.63. The lowest BCUT2D eigenvalue weighted by molar-refractivity contribution is 0.0697. The fraction of sp³-hybridized carbons (Fsp3) is 0.0909. The molecule has 1 heterocycles. The molecule has 1 aromatic heterocycles. The van der Waals surface area contributed by atoms with Crippen molar-refractivity contribution in [1.29, 1.82) is 0 Å². The average Bonchev–Trinajstić information content (AvgIpc) is 2.40. The van der Waals surface area contributed by atoms with Gasteiger partial charge in [0.25, 0.3) is 0 Å². The third kappa shape index (κ3) is 3.25. The number of halogens is 2. The van der Waals surface area contributed by atoms with Crippen molar-refractivity contribution < 1.29 is 14.6 Å².